The molecule has 1 atom stereocenters. The van der Waals surface area contributed by atoms with Gasteiger partial charge in [-0.2, -0.15) is 0 Å². The third-order valence-electron chi connectivity index (χ3n) is 4.13. The number of benzene rings is 1. The number of nitrogens with two attached hydrogens (primary N) is 2. The minimum absolute atomic E-state index is 0.149. The lowest BCUT2D eigenvalue weighted by molar-refractivity contribution is 0.208. The molecule has 1 unspecified atom stereocenters. The van der Waals surface area contributed by atoms with Crippen LogP contribution in [0.1, 0.15) is 27.2 Å². The number of carbonyl (C=O) groups excluding carboxylic acids is 1. The molecule has 3 rings (SSSR count). The van der Waals surface area contributed by atoms with Gasteiger partial charge in [-0.1, -0.05) is 13.8 Å². The number of fused-ring (bicyclic) bond motifs is 1. The molecule has 1 aromatic carbocycles. The quantitative estimate of drug-likeness (QED) is 0.620. The van der Waals surface area contributed by atoms with Crippen LogP contribution in [0.5, 0.6) is 11.6 Å². The van der Waals surface area contributed by atoms with E-state index < -0.39 is 11.6 Å². The fourth-order valence-corrected chi connectivity index (χ4v) is 4.08. The van der Waals surface area contributed by atoms with Gasteiger partial charge in [-0.25, -0.2) is 14.8 Å². The van der Waals surface area contributed by atoms with Crippen LogP contribution in [-0.4, -0.2) is 28.2 Å². The number of nitrogens with zero attached hydrogens (tertiary/aromatic N) is 2. The lowest BCUT2D eigenvalue weighted by atomic mass is 9.93. The Morgan fingerprint density at radius 1 is 1.29 bits per heavy atom. The molecule has 3 aromatic rings. The second kappa shape index (κ2) is 8.12. The van der Waals surface area contributed by atoms with Crippen LogP contribution >= 0.6 is 11.3 Å². The van der Waals surface area contributed by atoms with Gasteiger partial charge in [0, 0.05) is 23.4 Å². The standard InChI is InChI=1S/C20H24N4O3S/c1-12(2)9-20(3,22)10-26-15-5-4-14(18-17(15)24-11-28-18)13-6-7-23-16(8-13)27-19(21)25/h4-8,11-12H,9-10,22H2,1-3H3,(H2,21,25). The number of ether oxygens (including phenoxy) is 2. The highest BCUT2D eigenvalue weighted by molar-refractivity contribution is 7.17. The van der Waals surface area contributed by atoms with Crippen LogP contribution in [0.15, 0.2) is 36.0 Å². The average molecular weight is 401 g/mol. The van der Waals surface area contributed by atoms with Crippen molar-refractivity contribution in [2.24, 2.45) is 17.4 Å². The summed E-state index contributed by atoms with van der Waals surface area (Å²) in [5.41, 5.74) is 15.4. The van der Waals surface area contributed by atoms with Gasteiger partial charge in [0.15, 0.2) is 0 Å². The predicted molar refractivity (Wildman–Crippen MR) is 111 cm³/mol. The summed E-state index contributed by atoms with van der Waals surface area (Å²) in [4.78, 5) is 19.4. The molecule has 0 saturated heterocycles. The topological polar surface area (TPSA) is 113 Å². The molecule has 0 radical (unpaired) electrons. The summed E-state index contributed by atoms with van der Waals surface area (Å²) >= 11 is 1.51. The van der Waals surface area contributed by atoms with E-state index in [2.05, 4.69) is 23.8 Å². The van der Waals surface area contributed by atoms with Crippen LogP contribution in [0.2, 0.25) is 0 Å². The molecule has 4 N–H and O–H groups in total. The molecule has 0 aliphatic carbocycles. The van der Waals surface area contributed by atoms with Crippen LogP contribution in [-0.2, 0) is 0 Å². The second-order valence-electron chi connectivity index (χ2n) is 7.49. The maximum Gasteiger partial charge on any atom is 0.411 e. The Kier molecular flexibility index (Phi) is 5.81. The Morgan fingerprint density at radius 2 is 2.07 bits per heavy atom. The molecular weight excluding hydrogens is 376 g/mol. The Labute approximate surface area is 167 Å². The van der Waals surface area contributed by atoms with Gasteiger partial charge in [0.1, 0.15) is 17.9 Å². The van der Waals surface area contributed by atoms with Gasteiger partial charge in [0.25, 0.3) is 0 Å². The number of hydrogen-bond acceptors (Lipinski definition) is 7. The predicted octanol–water partition coefficient (Wildman–Crippen LogP) is 3.96. The van der Waals surface area contributed by atoms with Gasteiger partial charge in [-0.3, -0.25) is 0 Å². The third kappa shape index (κ3) is 4.76. The maximum atomic E-state index is 11.0. The Hall–Kier alpha value is -2.71. The zero-order chi connectivity index (χ0) is 20.3. The molecule has 0 spiro atoms. The molecule has 0 aliphatic heterocycles. The number of aromatic nitrogens is 2. The van der Waals surface area contributed by atoms with E-state index in [1.165, 1.54) is 11.3 Å². The van der Waals surface area contributed by atoms with Gasteiger partial charge >= 0.3 is 6.09 Å². The first-order valence-corrected chi connectivity index (χ1v) is 9.85. The first kappa shape index (κ1) is 20.0. The molecular formula is C20H24N4O3S. The number of hydrogen-bond donors (Lipinski definition) is 2. The molecule has 7 nitrogen and oxygen atoms in total. The van der Waals surface area contributed by atoms with Crippen LogP contribution in [0, 0.1) is 5.92 Å². The van der Waals surface area contributed by atoms with E-state index >= 15 is 0 Å². The van der Waals surface area contributed by atoms with Gasteiger partial charge in [0.2, 0.25) is 5.88 Å². The maximum absolute atomic E-state index is 11.0. The zero-order valence-corrected chi connectivity index (χ0v) is 17.0. The fourth-order valence-electron chi connectivity index (χ4n) is 3.24. The highest BCUT2D eigenvalue weighted by Gasteiger charge is 2.22. The number of primary amides is 1. The number of thiazole rings is 1. The Bertz CT molecular complexity index is 984. The fraction of sp³-hybridized carbons (Fsp3) is 0.350. The van der Waals surface area contributed by atoms with Crippen molar-refractivity contribution in [1.82, 2.24) is 9.97 Å². The van der Waals surface area contributed by atoms with Gasteiger partial charge in [0.05, 0.1) is 10.2 Å². The average Bonchev–Trinajstić information content (AvgIpc) is 3.08. The number of pyridine rings is 1. The van der Waals surface area contributed by atoms with Crippen molar-refractivity contribution in [3.63, 3.8) is 0 Å². The summed E-state index contributed by atoms with van der Waals surface area (Å²) in [5, 5.41) is 0. The number of carbonyl (C=O) groups is 1. The van der Waals surface area contributed by atoms with E-state index in [0.29, 0.717) is 18.3 Å². The van der Waals surface area contributed by atoms with Gasteiger partial charge in [-0.15, -0.1) is 11.3 Å². The highest BCUT2D eigenvalue weighted by Crippen LogP contribution is 2.37. The summed E-state index contributed by atoms with van der Waals surface area (Å²) < 4.78 is 11.9. The molecule has 0 fully saturated rings. The van der Waals surface area contributed by atoms with Crippen molar-refractivity contribution in [1.29, 1.82) is 0 Å². The van der Waals surface area contributed by atoms with Crippen molar-refractivity contribution in [3.05, 3.63) is 36.0 Å². The SMILES string of the molecule is CC(C)CC(C)(N)COc1ccc(-c2ccnc(OC(N)=O)c2)c2scnc12. The van der Waals surface area contributed by atoms with Crippen molar-refractivity contribution < 1.29 is 14.3 Å². The number of rotatable bonds is 7. The second-order valence-corrected chi connectivity index (χ2v) is 8.34. The van der Waals surface area contributed by atoms with Crippen molar-refractivity contribution in [3.8, 4) is 22.8 Å². The van der Waals surface area contributed by atoms with Crippen molar-refractivity contribution >= 4 is 27.6 Å². The zero-order valence-electron chi connectivity index (χ0n) is 16.1. The van der Waals surface area contributed by atoms with Gasteiger partial charge in [-0.05, 0) is 43.0 Å². The highest BCUT2D eigenvalue weighted by atomic mass is 32.1. The molecule has 2 heterocycles. The Morgan fingerprint density at radius 3 is 2.79 bits per heavy atom. The third-order valence-corrected chi connectivity index (χ3v) is 4.99. The van der Waals surface area contributed by atoms with Gasteiger partial charge < -0.3 is 20.9 Å². The summed E-state index contributed by atoms with van der Waals surface area (Å²) in [5.74, 6) is 1.34. The van der Waals surface area contributed by atoms with E-state index in [4.69, 9.17) is 20.9 Å². The smallest absolute Gasteiger partial charge is 0.411 e. The summed E-state index contributed by atoms with van der Waals surface area (Å²) in [6.45, 7) is 6.69. The van der Waals surface area contributed by atoms with Crippen molar-refractivity contribution in [2.45, 2.75) is 32.7 Å². The van der Waals surface area contributed by atoms with Crippen molar-refractivity contribution in [2.75, 3.05) is 6.61 Å². The normalized spacial score (nSPS) is 13.5. The van der Waals surface area contributed by atoms with E-state index in [1.807, 2.05) is 25.1 Å². The van der Waals surface area contributed by atoms with Crippen LogP contribution in [0.25, 0.3) is 21.3 Å². The molecule has 2 aromatic heterocycles. The minimum Gasteiger partial charge on any atom is -0.489 e. The first-order chi connectivity index (χ1) is 13.2. The number of amides is 1. The molecule has 8 heteroatoms. The van der Waals surface area contributed by atoms with E-state index in [0.717, 1.165) is 27.8 Å². The molecule has 148 valence electrons. The van der Waals surface area contributed by atoms with E-state index in [-0.39, 0.29) is 5.88 Å². The first-order valence-electron chi connectivity index (χ1n) is 8.97. The van der Waals surface area contributed by atoms with E-state index in [1.54, 1.807) is 17.8 Å². The largest absolute Gasteiger partial charge is 0.489 e. The molecule has 0 bridgehead atoms. The lowest BCUT2D eigenvalue weighted by Gasteiger charge is -2.26. The molecule has 0 saturated carbocycles. The van der Waals surface area contributed by atoms with E-state index in [9.17, 15) is 4.79 Å². The monoisotopic (exact) mass is 400 g/mol. The minimum atomic E-state index is -0.900. The molecule has 0 aliphatic rings. The van der Waals surface area contributed by atoms with Crippen LogP contribution in [0.4, 0.5) is 4.79 Å². The lowest BCUT2D eigenvalue weighted by Crippen LogP contribution is -2.43. The summed E-state index contributed by atoms with van der Waals surface area (Å²) in [6.07, 6.45) is 1.53. The van der Waals surface area contributed by atoms with Crippen LogP contribution < -0.4 is 20.9 Å². The molecule has 1 amide bonds. The van der Waals surface area contributed by atoms with Crippen LogP contribution in [0.3, 0.4) is 0 Å². The Balaban J connectivity index is 1.89. The summed E-state index contributed by atoms with van der Waals surface area (Å²) in [6, 6.07) is 7.34. The molecule has 28 heavy (non-hydrogen) atoms. The summed E-state index contributed by atoms with van der Waals surface area (Å²) in [7, 11) is 0.